The van der Waals surface area contributed by atoms with Crippen LogP contribution < -0.4 is 4.72 Å². The van der Waals surface area contributed by atoms with Crippen LogP contribution in [0.5, 0.6) is 0 Å². The van der Waals surface area contributed by atoms with Gasteiger partial charge >= 0.3 is 21.5 Å². The average molecular weight is 305 g/mol. The summed E-state index contributed by atoms with van der Waals surface area (Å²) in [4.78, 5) is 10.6. The molecule has 0 radical (unpaired) electrons. The van der Waals surface area contributed by atoms with Crippen LogP contribution in [-0.2, 0) is 10.0 Å². The maximum Gasteiger partial charge on any atom is 0.516 e. The molecule has 0 amide bonds. The molecule has 11 heteroatoms. The van der Waals surface area contributed by atoms with Gasteiger partial charge in [0, 0.05) is 6.07 Å². The topological polar surface area (TPSA) is 83.5 Å². The van der Waals surface area contributed by atoms with Crippen LogP contribution in [0.15, 0.2) is 12.1 Å². The lowest BCUT2D eigenvalue weighted by atomic mass is 10.2. The molecule has 0 spiro atoms. The van der Waals surface area contributed by atoms with E-state index in [1.807, 2.05) is 0 Å². The van der Waals surface area contributed by atoms with Gasteiger partial charge in [-0.25, -0.2) is 13.6 Å². The zero-order valence-electron chi connectivity index (χ0n) is 8.62. The monoisotopic (exact) mass is 305 g/mol. The number of hydrogen-bond acceptors (Lipinski definition) is 3. The van der Waals surface area contributed by atoms with Gasteiger partial charge in [0.2, 0.25) is 0 Å². The second-order valence-electron chi connectivity index (χ2n) is 3.17. The molecule has 106 valence electrons. The van der Waals surface area contributed by atoms with Crippen molar-refractivity contribution in [1.29, 1.82) is 0 Å². The van der Waals surface area contributed by atoms with E-state index in [9.17, 15) is 35.2 Å². The van der Waals surface area contributed by atoms with Gasteiger partial charge in [-0.2, -0.15) is 21.6 Å². The largest absolute Gasteiger partial charge is 0.516 e. The maximum atomic E-state index is 12.8. The number of aromatic carboxylic acids is 1. The fourth-order valence-corrected chi connectivity index (χ4v) is 1.58. The van der Waals surface area contributed by atoms with E-state index in [0.29, 0.717) is 0 Å². The molecule has 0 saturated carbocycles. The van der Waals surface area contributed by atoms with E-state index in [1.54, 1.807) is 0 Å². The summed E-state index contributed by atoms with van der Waals surface area (Å²) in [5, 5.41) is 8.58. The number of sulfonamides is 1. The van der Waals surface area contributed by atoms with Crippen LogP contribution >= 0.6 is 0 Å². The number of benzene rings is 1. The highest BCUT2D eigenvalue weighted by atomic mass is 32.2. The Bertz CT molecular complexity index is 625. The first kappa shape index (κ1) is 15.1. The van der Waals surface area contributed by atoms with Crippen LogP contribution in [0.4, 0.5) is 27.6 Å². The number of halogens is 5. The van der Waals surface area contributed by atoms with Crippen LogP contribution in [0.3, 0.4) is 0 Å². The SMILES string of the molecule is O=C(O)c1cc(F)c(F)cc1NS(=O)(=O)C(F)(F)F. The Balaban J connectivity index is 3.37. The number of carboxylic acid groups (broad SMARTS) is 1. The first-order chi connectivity index (χ1) is 8.45. The summed E-state index contributed by atoms with van der Waals surface area (Å²) in [6.45, 7) is 0. The first-order valence-corrected chi connectivity index (χ1v) is 5.75. The summed E-state index contributed by atoms with van der Waals surface area (Å²) in [5.74, 6) is -5.28. The lowest BCUT2D eigenvalue weighted by Crippen LogP contribution is -2.30. The van der Waals surface area contributed by atoms with Crippen molar-refractivity contribution in [2.24, 2.45) is 0 Å². The van der Waals surface area contributed by atoms with Gasteiger partial charge in [0.25, 0.3) is 0 Å². The second-order valence-corrected chi connectivity index (χ2v) is 4.84. The smallest absolute Gasteiger partial charge is 0.478 e. The molecule has 2 N–H and O–H groups in total. The standard InChI is InChI=1S/C8H4F5NO4S/c9-4-1-3(7(15)16)6(2-5(4)10)14-19(17,18)8(11,12)13/h1-2,14H,(H,15,16). The highest BCUT2D eigenvalue weighted by molar-refractivity contribution is 7.93. The van der Waals surface area contributed by atoms with Crippen molar-refractivity contribution >= 4 is 21.7 Å². The Kier molecular flexibility index (Phi) is 3.70. The number of anilines is 1. The van der Waals surface area contributed by atoms with E-state index in [0.717, 1.165) is 4.72 Å². The summed E-state index contributed by atoms with van der Waals surface area (Å²) < 4.78 is 84.1. The van der Waals surface area contributed by atoms with Crippen molar-refractivity contribution < 1.29 is 40.3 Å². The number of hydrogen-bond donors (Lipinski definition) is 2. The summed E-state index contributed by atoms with van der Waals surface area (Å²) in [5.41, 5.74) is -8.12. The van der Waals surface area contributed by atoms with E-state index >= 15 is 0 Å². The van der Waals surface area contributed by atoms with E-state index in [4.69, 9.17) is 5.11 Å². The Morgan fingerprint density at radius 2 is 1.63 bits per heavy atom. The molecule has 0 aliphatic carbocycles. The third-order valence-electron chi connectivity index (χ3n) is 1.84. The molecule has 1 aromatic rings. The Morgan fingerprint density at radius 3 is 2.05 bits per heavy atom. The lowest BCUT2D eigenvalue weighted by molar-refractivity contribution is -0.0429. The molecule has 0 aliphatic rings. The van der Waals surface area contributed by atoms with Gasteiger partial charge in [-0.1, -0.05) is 0 Å². The molecule has 1 aromatic carbocycles. The molecule has 0 saturated heterocycles. The van der Waals surface area contributed by atoms with Crippen molar-refractivity contribution in [3.05, 3.63) is 29.3 Å². The van der Waals surface area contributed by atoms with Crippen LogP contribution in [-0.4, -0.2) is 25.0 Å². The molecule has 19 heavy (non-hydrogen) atoms. The van der Waals surface area contributed by atoms with Crippen molar-refractivity contribution in [3.8, 4) is 0 Å². The molecule has 0 heterocycles. The van der Waals surface area contributed by atoms with Gasteiger partial charge in [0.1, 0.15) is 0 Å². The molecule has 0 aliphatic heterocycles. The molecule has 0 atom stereocenters. The molecular formula is C8H4F5NO4S. The van der Waals surface area contributed by atoms with Crippen molar-refractivity contribution in [3.63, 3.8) is 0 Å². The summed E-state index contributed by atoms with van der Waals surface area (Å²) >= 11 is 0. The second kappa shape index (κ2) is 4.64. The summed E-state index contributed by atoms with van der Waals surface area (Å²) in [7, 11) is -5.94. The Morgan fingerprint density at radius 1 is 1.16 bits per heavy atom. The van der Waals surface area contributed by atoms with Gasteiger partial charge in [0.05, 0.1) is 11.3 Å². The predicted octanol–water partition coefficient (Wildman–Crippen LogP) is 1.92. The van der Waals surface area contributed by atoms with Crippen molar-refractivity contribution in [2.45, 2.75) is 5.51 Å². The third-order valence-corrected chi connectivity index (χ3v) is 2.94. The Labute approximate surface area is 102 Å². The Hall–Kier alpha value is -1.91. The van der Waals surface area contributed by atoms with E-state index in [1.165, 1.54) is 0 Å². The van der Waals surface area contributed by atoms with Crippen LogP contribution in [0.2, 0.25) is 0 Å². The fourth-order valence-electron chi connectivity index (χ4n) is 1.01. The third kappa shape index (κ3) is 3.10. The number of rotatable bonds is 3. The number of carbonyl (C=O) groups is 1. The van der Waals surface area contributed by atoms with Gasteiger partial charge in [-0.15, -0.1) is 0 Å². The van der Waals surface area contributed by atoms with Gasteiger partial charge in [0.15, 0.2) is 11.6 Å². The summed E-state index contributed by atoms with van der Waals surface area (Å²) in [6.07, 6.45) is 0. The van der Waals surface area contributed by atoms with E-state index in [-0.39, 0.29) is 12.1 Å². The van der Waals surface area contributed by atoms with Crippen LogP contribution in [0.1, 0.15) is 10.4 Å². The fraction of sp³-hybridized carbons (Fsp3) is 0.125. The van der Waals surface area contributed by atoms with Crippen LogP contribution in [0.25, 0.3) is 0 Å². The number of alkyl halides is 3. The minimum atomic E-state index is -5.94. The van der Waals surface area contributed by atoms with E-state index < -0.39 is 44.4 Å². The zero-order valence-corrected chi connectivity index (χ0v) is 9.44. The van der Waals surface area contributed by atoms with E-state index in [2.05, 4.69) is 0 Å². The number of carboxylic acids is 1. The molecule has 0 unspecified atom stereocenters. The van der Waals surface area contributed by atoms with Gasteiger partial charge in [-0.3, -0.25) is 4.72 Å². The normalized spacial score (nSPS) is 12.3. The van der Waals surface area contributed by atoms with Crippen molar-refractivity contribution in [1.82, 2.24) is 0 Å². The minimum Gasteiger partial charge on any atom is -0.478 e. The summed E-state index contributed by atoms with van der Waals surface area (Å²) in [6, 6.07) is 0.0635. The maximum absolute atomic E-state index is 12.8. The quantitative estimate of drug-likeness (QED) is 0.836. The highest BCUT2D eigenvalue weighted by Crippen LogP contribution is 2.28. The molecule has 5 nitrogen and oxygen atoms in total. The van der Waals surface area contributed by atoms with Gasteiger partial charge < -0.3 is 5.11 Å². The predicted molar refractivity (Wildman–Crippen MR) is 51.9 cm³/mol. The highest BCUT2D eigenvalue weighted by Gasteiger charge is 2.46. The van der Waals surface area contributed by atoms with Gasteiger partial charge in [-0.05, 0) is 6.07 Å². The molecule has 0 bridgehead atoms. The molecule has 1 rings (SSSR count). The van der Waals surface area contributed by atoms with Crippen LogP contribution in [0, 0.1) is 11.6 Å². The lowest BCUT2D eigenvalue weighted by Gasteiger charge is -2.12. The zero-order chi connectivity index (χ0) is 15.0. The first-order valence-electron chi connectivity index (χ1n) is 4.27. The van der Waals surface area contributed by atoms with Crippen molar-refractivity contribution in [2.75, 3.05) is 4.72 Å². The average Bonchev–Trinajstić information content (AvgIpc) is 2.20. The minimum absolute atomic E-state index is 0.00206. The molecule has 0 fully saturated rings. The molecular weight excluding hydrogens is 301 g/mol. The molecule has 0 aromatic heterocycles. The number of nitrogens with one attached hydrogen (secondary N) is 1.